The molecule has 0 amide bonds. The van der Waals surface area contributed by atoms with Crippen LogP contribution in [0.1, 0.15) is 41.0 Å². The van der Waals surface area contributed by atoms with Gasteiger partial charge in [0.1, 0.15) is 0 Å². The van der Waals surface area contributed by atoms with Gasteiger partial charge < -0.3 is 10.2 Å². The van der Waals surface area contributed by atoms with Gasteiger partial charge in [0, 0.05) is 12.6 Å². The van der Waals surface area contributed by atoms with Crippen molar-refractivity contribution in [3.8, 4) is 0 Å². The molecule has 1 unspecified atom stereocenters. The molecular weight excluding hydrogens is 234 g/mol. The van der Waals surface area contributed by atoms with E-state index >= 15 is 0 Å². The maximum absolute atomic E-state index is 3.63. The highest BCUT2D eigenvalue weighted by Gasteiger charge is 2.19. The molecule has 0 saturated heterocycles. The van der Waals surface area contributed by atoms with Gasteiger partial charge in [-0.05, 0) is 58.5 Å². The van der Waals surface area contributed by atoms with Crippen molar-refractivity contribution in [3.05, 3.63) is 0 Å². The number of hydrogen-bond acceptors (Lipinski definition) is 3. The molecular formula is C16H37N3. The summed E-state index contributed by atoms with van der Waals surface area (Å²) in [6.07, 6.45) is 1.26. The van der Waals surface area contributed by atoms with Crippen LogP contribution in [0, 0.1) is 11.8 Å². The first-order valence-electron chi connectivity index (χ1n) is 7.97. The molecule has 3 heteroatoms. The minimum absolute atomic E-state index is 0.658. The fourth-order valence-electron chi connectivity index (χ4n) is 2.45. The van der Waals surface area contributed by atoms with Crippen molar-refractivity contribution < 1.29 is 0 Å². The summed E-state index contributed by atoms with van der Waals surface area (Å²) in [6, 6.07) is 0.658. The molecule has 0 fully saturated rings. The highest BCUT2D eigenvalue weighted by Crippen LogP contribution is 2.11. The standard InChI is InChI=1S/C16H37N3/c1-8-19(11-9-10-18(6)7)16(15(4)5)13-17-12-14(2)3/h14-17H,8-13H2,1-7H3. The molecule has 0 aromatic carbocycles. The molecule has 0 radical (unpaired) electrons. The number of nitrogens with zero attached hydrogens (tertiary/aromatic N) is 2. The Balaban J connectivity index is 4.21. The Hall–Kier alpha value is -0.120. The van der Waals surface area contributed by atoms with Gasteiger partial charge in [0.2, 0.25) is 0 Å². The Morgan fingerprint density at radius 3 is 2.00 bits per heavy atom. The summed E-state index contributed by atoms with van der Waals surface area (Å²) in [4.78, 5) is 4.91. The van der Waals surface area contributed by atoms with Crippen LogP contribution in [0.15, 0.2) is 0 Å². The second kappa shape index (κ2) is 10.6. The van der Waals surface area contributed by atoms with Crippen LogP contribution < -0.4 is 5.32 Å². The molecule has 0 saturated carbocycles. The minimum Gasteiger partial charge on any atom is -0.315 e. The van der Waals surface area contributed by atoms with Crippen molar-refractivity contribution in [1.82, 2.24) is 15.1 Å². The second-order valence-corrected chi connectivity index (χ2v) is 6.65. The molecule has 0 spiro atoms. The monoisotopic (exact) mass is 271 g/mol. The van der Waals surface area contributed by atoms with Crippen LogP contribution in [0.4, 0.5) is 0 Å². The van der Waals surface area contributed by atoms with Crippen molar-refractivity contribution in [3.63, 3.8) is 0 Å². The Morgan fingerprint density at radius 2 is 1.58 bits per heavy atom. The predicted octanol–water partition coefficient (Wildman–Crippen LogP) is 2.53. The van der Waals surface area contributed by atoms with E-state index in [-0.39, 0.29) is 0 Å². The van der Waals surface area contributed by atoms with Gasteiger partial charge in [-0.1, -0.05) is 34.6 Å². The van der Waals surface area contributed by atoms with E-state index in [1.165, 1.54) is 19.5 Å². The molecule has 0 aromatic rings. The molecule has 3 nitrogen and oxygen atoms in total. The summed E-state index contributed by atoms with van der Waals surface area (Å²) in [5.74, 6) is 1.44. The third-order valence-corrected chi connectivity index (χ3v) is 3.60. The summed E-state index contributed by atoms with van der Waals surface area (Å²) in [5.41, 5.74) is 0. The van der Waals surface area contributed by atoms with E-state index in [4.69, 9.17) is 0 Å². The minimum atomic E-state index is 0.658. The van der Waals surface area contributed by atoms with Crippen LogP contribution in [0.3, 0.4) is 0 Å². The quantitative estimate of drug-likeness (QED) is 0.623. The topological polar surface area (TPSA) is 18.5 Å². The van der Waals surface area contributed by atoms with Gasteiger partial charge in [0.25, 0.3) is 0 Å². The van der Waals surface area contributed by atoms with Crippen molar-refractivity contribution in [1.29, 1.82) is 0 Å². The van der Waals surface area contributed by atoms with Crippen molar-refractivity contribution in [2.75, 3.05) is 46.8 Å². The van der Waals surface area contributed by atoms with Crippen molar-refractivity contribution >= 4 is 0 Å². The van der Waals surface area contributed by atoms with Gasteiger partial charge >= 0.3 is 0 Å². The molecule has 0 aliphatic rings. The molecule has 1 atom stereocenters. The van der Waals surface area contributed by atoms with Crippen molar-refractivity contribution in [2.24, 2.45) is 11.8 Å². The lowest BCUT2D eigenvalue weighted by molar-refractivity contribution is 0.152. The van der Waals surface area contributed by atoms with E-state index in [0.717, 1.165) is 25.6 Å². The SMILES string of the molecule is CCN(CCCN(C)C)C(CNCC(C)C)C(C)C. The highest BCUT2D eigenvalue weighted by atomic mass is 15.2. The molecule has 0 heterocycles. The molecule has 116 valence electrons. The first-order chi connectivity index (χ1) is 8.88. The average Bonchev–Trinajstić information content (AvgIpc) is 2.30. The molecule has 19 heavy (non-hydrogen) atoms. The van der Waals surface area contributed by atoms with Crippen LogP contribution in [0.5, 0.6) is 0 Å². The Labute approximate surface area is 121 Å². The molecule has 0 rings (SSSR count). The van der Waals surface area contributed by atoms with Crippen molar-refractivity contribution in [2.45, 2.75) is 47.1 Å². The third-order valence-electron chi connectivity index (χ3n) is 3.60. The zero-order chi connectivity index (χ0) is 14.8. The largest absolute Gasteiger partial charge is 0.315 e. The van der Waals surface area contributed by atoms with Gasteiger partial charge in [-0.2, -0.15) is 0 Å². The van der Waals surface area contributed by atoms with Crippen LogP contribution in [0.25, 0.3) is 0 Å². The van der Waals surface area contributed by atoms with E-state index in [2.05, 4.69) is 63.8 Å². The number of hydrogen-bond donors (Lipinski definition) is 1. The normalized spacial score (nSPS) is 14.1. The maximum atomic E-state index is 3.63. The fourth-order valence-corrected chi connectivity index (χ4v) is 2.45. The zero-order valence-electron chi connectivity index (χ0n) is 14.4. The van der Waals surface area contributed by atoms with Crippen LogP contribution >= 0.6 is 0 Å². The molecule has 0 aromatic heterocycles. The van der Waals surface area contributed by atoms with Gasteiger partial charge in [-0.3, -0.25) is 4.90 Å². The summed E-state index contributed by atoms with van der Waals surface area (Å²) in [6.45, 7) is 17.3. The van der Waals surface area contributed by atoms with E-state index in [1.54, 1.807) is 0 Å². The fraction of sp³-hybridized carbons (Fsp3) is 1.00. The summed E-state index contributed by atoms with van der Waals surface area (Å²) < 4.78 is 0. The summed E-state index contributed by atoms with van der Waals surface area (Å²) in [5, 5.41) is 3.63. The third kappa shape index (κ3) is 9.42. The van der Waals surface area contributed by atoms with Gasteiger partial charge in [0.15, 0.2) is 0 Å². The first-order valence-corrected chi connectivity index (χ1v) is 7.97. The average molecular weight is 271 g/mol. The van der Waals surface area contributed by atoms with E-state index in [1.807, 2.05) is 0 Å². The lowest BCUT2D eigenvalue weighted by Gasteiger charge is -2.34. The Morgan fingerprint density at radius 1 is 0.947 bits per heavy atom. The lowest BCUT2D eigenvalue weighted by Crippen LogP contribution is -2.47. The first kappa shape index (κ1) is 18.9. The zero-order valence-corrected chi connectivity index (χ0v) is 14.4. The number of rotatable bonds is 11. The summed E-state index contributed by atoms with van der Waals surface area (Å²) in [7, 11) is 4.31. The molecule has 0 aliphatic carbocycles. The second-order valence-electron chi connectivity index (χ2n) is 6.65. The van der Waals surface area contributed by atoms with E-state index in [0.29, 0.717) is 12.0 Å². The number of likely N-dealkylation sites (N-methyl/N-ethyl adjacent to an activating group) is 1. The molecule has 1 N–H and O–H groups in total. The highest BCUT2D eigenvalue weighted by molar-refractivity contribution is 4.77. The van der Waals surface area contributed by atoms with Crippen LogP contribution in [-0.2, 0) is 0 Å². The number of nitrogens with one attached hydrogen (secondary N) is 1. The summed E-state index contributed by atoms with van der Waals surface area (Å²) >= 11 is 0. The molecule has 0 aliphatic heterocycles. The maximum Gasteiger partial charge on any atom is 0.0243 e. The van der Waals surface area contributed by atoms with E-state index in [9.17, 15) is 0 Å². The Kier molecular flexibility index (Phi) is 10.6. The van der Waals surface area contributed by atoms with Gasteiger partial charge in [0.05, 0.1) is 0 Å². The molecule has 0 bridgehead atoms. The van der Waals surface area contributed by atoms with Gasteiger partial charge in [-0.15, -0.1) is 0 Å². The van der Waals surface area contributed by atoms with E-state index < -0.39 is 0 Å². The van der Waals surface area contributed by atoms with Crippen LogP contribution in [0.2, 0.25) is 0 Å². The Bertz CT molecular complexity index is 202. The van der Waals surface area contributed by atoms with Gasteiger partial charge in [-0.25, -0.2) is 0 Å². The van der Waals surface area contributed by atoms with Crippen LogP contribution in [-0.4, -0.2) is 62.7 Å². The predicted molar refractivity (Wildman–Crippen MR) is 86.8 cm³/mol. The lowest BCUT2D eigenvalue weighted by atomic mass is 10.0. The smallest absolute Gasteiger partial charge is 0.0243 e.